The molecule has 2 aromatic heterocycles. The summed E-state index contributed by atoms with van der Waals surface area (Å²) in [5.74, 6) is 0. The van der Waals surface area contributed by atoms with Gasteiger partial charge in [0.1, 0.15) is 11.2 Å². The van der Waals surface area contributed by atoms with Gasteiger partial charge >= 0.3 is 0 Å². The fraction of sp³-hybridized carbons (Fsp3) is 0.0137. The molecular weight excluding hydrogens is 921 g/mol. The number of nitrogens with zero attached hydrogens (tertiary/aromatic N) is 2. The number of aromatic nitrogens is 1. The first-order chi connectivity index (χ1) is 37.7. The molecule has 0 amide bonds. The lowest BCUT2D eigenvalue weighted by atomic mass is 9.65. The molecule has 3 heterocycles. The quantitative estimate of drug-likeness (QED) is 0.159. The minimum Gasteiger partial charge on any atom is -0.456 e. The normalized spacial score (nSPS) is 14.1. The van der Waals surface area contributed by atoms with Crippen LogP contribution in [0.4, 0.5) is 17.1 Å². The van der Waals surface area contributed by atoms with E-state index >= 15 is 0 Å². The van der Waals surface area contributed by atoms with Crippen molar-refractivity contribution in [3.05, 3.63) is 301 Å². The molecule has 0 bridgehead atoms. The predicted octanol–water partition coefficient (Wildman–Crippen LogP) is 19.5. The van der Waals surface area contributed by atoms with Gasteiger partial charge in [-0.05, 0) is 127 Å². The smallest absolute Gasteiger partial charge is 0.135 e. The molecule has 14 aromatic rings. The van der Waals surface area contributed by atoms with Gasteiger partial charge in [-0.25, -0.2) is 0 Å². The molecule has 16 rings (SSSR count). The fourth-order valence-corrected chi connectivity index (χ4v) is 13.1. The summed E-state index contributed by atoms with van der Waals surface area (Å²) in [6.07, 6.45) is 0. The molecule has 1 unspecified atom stereocenters. The van der Waals surface area contributed by atoms with Crippen LogP contribution in [0, 0.1) is 0 Å². The SMILES string of the molecule is c1ccc(-c2ccc(-c3ccccc3N(c3ccc(-c4ccc5oc6ccccc6c5c4)cc3)c3ccccc3-c3ccc4c(c3)C3(c5ccccc5-4)c4ccccc4-n4c5ccccc5c5cccc3c54)cc2)cc1. The predicted molar refractivity (Wildman–Crippen MR) is 315 cm³/mol. The fourth-order valence-electron chi connectivity index (χ4n) is 13.1. The van der Waals surface area contributed by atoms with Crippen molar-refractivity contribution in [1.82, 2.24) is 4.57 Å². The summed E-state index contributed by atoms with van der Waals surface area (Å²) in [7, 11) is 0. The summed E-state index contributed by atoms with van der Waals surface area (Å²) in [6, 6.07) is 103. The molecule has 1 aliphatic carbocycles. The van der Waals surface area contributed by atoms with E-state index in [1.807, 2.05) is 12.1 Å². The van der Waals surface area contributed by atoms with Gasteiger partial charge in [0.25, 0.3) is 0 Å². The Bertz CT molecular complexity index is 4640. The van der Waals surface area contributed by atoms with Gasteiger partial charge in [-0.15, -0.1) is 0 Å². The van der Waals surface area contributed by atoms with Crippen molar-refractivity contribution in [2.24, 2.45) is 0 Å². The topological polar surface area (TPSA) is 21.3 Å². The summed E-state index contributed by atoms with van der Waals surface area (Å²) in [5, 5.41) is 4.80. The Morgan fingerprint density at radius 1 is 0.303 bits per heavy atom. The number of rotatable bonds is 7. The average molecular weight is 967 g/mol. The average Bonchev–Trinajstić information content (AvgIpc) is 4.34. The molecule has 0 radical (unpaired) electrons. The van der Waals surface area contributed by atoms with E-state index in [0.29, 0.717) is 0 Å². The first kappa shape index (κ1) is 42.5. The monoisotopic (exact) mass is 966 g/mol. The number of benzene rings is 12. The summed E-state index contributed by atoms with van der Waals surface area (Å²) in [4.78, 5) is 2.47. The van der Waals surface area contributed by atoms with Crippen LogP contribution in [0.3, 0.4) is 0 Å². The van der Waals surface area contributed by atoms with Crippen molar-refractivity contribution in [3.63, 3.8) is 0 Å². The van der Waals surface area contributed by atoms with Gasteiger partial charge in [0, 0.05) is 38.4 Å². The molecule has 1 spiro atoms. The first-order valence-electron chi connectivity index (χ1n) is 26.2. The molecule has 1 aliphatic heterocycles. The summed E-state index contributed by atoms with van der Waals surface area (Å²) < 4.78 is 8.76. The highest BCUT2D eigenvalue weighted by molar-refractivity contribution is 6.13. The van der Waals surface area contributed by atoms with Crippen LogP contribution in [-0.2, 0) is 5.41 Å². The summed E-state index contributed by atoms with van der Waals surface area (Å²) >= 11 is 0. The summed E-state index contributed by atoms with van der Waals surface area (Å²) in [5.41, 5.74) is 25.2. The molecular formula is C73H46N2O. The van der Waals surface area contributed by atoms with Gasteiger partial charge in [0.2, 0.25) is 0 Å². The number of hydrogen-bond donors (Lipinski definition) is 0. The van der Waals surface area contributed by atoms with Crippen molar-refractivity contribution in [3.8, 4) is 61.3 Å². The molecule has 76 heavy (non-hydrogen) atoms. The van der Waals surface area contributed by atoms with Gasteiger partial charge < -0.3 is 13.9 Å². The maximum atomic E-state index is 6.24. The Morgan fingerprint density at radius 2 is 0.842 bits per heavy atom. The zero-order valence-corrected chi connectivity index (χ0v) is 41.4. The van der Waals surface area contributed by atoms with E-state index in [1.165, 1.54) is 72.0 Å². The highest BCUT2D eigenvalue weighted by Gasteiger charge is 2.51. The van der Waals surface area contributed by atoms with Crippen LogP contribution < -0.4 is 4.90 Å². The van der Waals surface area contributed by atoms with Crippen molar-refractivity contribution in [1.29, 1.82) is 0 Å². The van der Waals surface area contributed by atoms with E-state index in [9.17, 15) is 0 Å². The highest BCUT2D eigenvalue weighted by Crippen LogP contribution is 2.62. The second-order valence-corrected chi connectivity index (χ2v) is 20.3. The third-order valence-electron chi connectivity index (χ3n) is 16.4. The van der Waals surface area contributed by atoms with Crippen LogP contribution in [0.5, 0.6) is 0 Å². The Kier molecular flexibility index (Phi) is 9.25. The highest BCUT2D eigenvalue weighted by atomic mass is 16.3. The second kappa shape index (κ2) is 16.5. The molecule has 2 aliphatic rings. The molecule has 1 atom stereocenters. The van der Waals surface area contributed by atoms with Crippen LogP contribution in [-0.4, -0.2) is 4.57 Å². The second-order valence-electron chi connectivity index (χ2n) is 20.3. The number of anilines is 3. The third-order valence-corrected chi connectivity index (χ3v) is 16.4. The minimum atomic E-state index is -0.572. The standard InChI is InChI=1S/C73H46N2O/c1-2-17-47(18-3-1)48-33-35-50(36-34-48)54-19-5-11-28-66(54)74(53-41-37-49(38-42-53)51-40-44-71-61(45-51)59-23-8-15-32-70(59)76-71)67-29-12-6-20-55(67)52-39-43-57-56-21-4-9-25-62(56)73(65(57)46-52)63-26-10-14-31-69(63)75-68-30-13-7-22-58(68)60-24-16-27-64(73)72(60)75/h1-46H. The van der Waals surface area contributed by atoms with Crippen LogP contribution in [0.1, 0.15) is 22.3 Å². The van der Waals surface area contributed by atoms with Crippen LogP contribution in [0.15, 0.2) is 283 Å². The van der Waals surface area contributed by atoms with Gasteiger partial charge in [0.15, 0.2) is 0 Å². The van der Waals surface area contributed by atoms with Crippen molar-refractivity contribution in [2.75, 3.05) is 4.90 Å². The number of hydrogen-bond acceptors (Lipinski definition) is 2. The molecule has 3 heteroatoms. The Hall–Kier alpha value is -9.96. The molecule has 354 valence electrons. The lowest BCUT2D eigenvalue weighted by Gasteiger charge is -2.39. The molecule has 0 saturated heterocycles. The Morgan fingerprint density at radius 3 is 1.66 bits per heavy atom. The van der Waals surface area contributed by atoms with Crippen LogP contribution >= 0.6 is 0 Å². The van der Waals surface area contributed by atoms with Crippen LogP contribution in [0.25, 0.3) is 105 Å². The van der Waals surface area contributed by atoms with E-state index in [2.05, 4.69) is 276 Å². The third kappa shape index (κ3) is 6.11. The number of fused-ring (bicyclic) bond motifs is 15. The maximum Gasteiger partial charge on any atom is 0.135 e. The maximum absolute atomic E-state index is 6.24. The Labute approximate surface area is 440 Å². The molecule has 3 nitrogen and oxygen atoms in total. The number of furan rings is 1. The van der Waals surface area contributed by atoms with E-state index in [-0.39, 0.29) is 0 Å². The summed E-state index contributed by atoms with van der Waals surface area (Å²) in [6.45, 7) is 0. The van der Waals surface area contributed by atoms with Crippen LogP contribution in [0.2, 0.25) is 0 Å². The van der Waals surface area contributed by atoms with Gasteiger partial charge in [-0.1, -0.05) is 218 Å². The molecule has 12 aromatic carbocycles. The van der Waals surface area contributed by atoms with Crippen molar-refractivity contribution >= 4 is 60.8 Å². The van der Waals surface area contributed by atoms with Gasteiger partial charge in [-0.2, -0.15) is 0 Å². The van der Waals surface area contributed by atoms with Gasteiger partial charge in [-0.3, -0.25) is 0 Å². The first-order valence-corrected chi connectivity index (χ1v) is 26.2. The lowest BCUT2D eigenvalue weighted by molar-refractivity contribution is 0.669. The minimum absolute atomic E-state index is 0.572. The Balaban J connectivity index is 0.899. The van der Waals surface area contributed by atoms with E-state index < -0.39 is 5.41 Å². The van der Waals surface area contributed by atoms with E-state index in [4.69, 9.17) is 4.42 Å². The number of para-hydroxylation sites is 6. The van der Waals surface area contributed by atoms with Crippen molar-refractivity contribution in [2.45, 2.75) is 5.41 Å². The zero-order chi connectivity index (χ0) is 49.9. The molecule has 0 N–H and O–H groups in total. The zero-order valence-electron chi connectivity index (χ0n) is 41.4. The van der Waals surface area contributed by atoms with Gasteiger partial charge in [0.05, 0.1) is 33.5 Å². The van der Waals surface area contributed by atoms with E-state index in [1.54, 1.807) is 0 Å². The van der Waals surface area contributed by atoms with Crippen molar-refractivity contribution < 1.29 is 4.42 Å². The van der Waals surface area contributed by atoms with E-state index in [0.717, 1.165) is 72.4 Å². The largest absolute Gasteiger partial charge is 0.456 e. The lowest BCUT2D eigenvalue weighted by Crippen LogP contribution is -2.33. The molecule has 0 fully saturated rings. The molecule has 0 saturated carbocycles.